The molecule has 0 aliphatic carbocycles. The molecule has 2 aromatic carbocycles. The lowest BCUT2D eigenvalue weighted by Crippen LogP contribution is -2.18. The number of benzene rings is 2. The number of hydrogen-bond donors (Lipinski definition) is 3. The van der Waals surface area contributed by atoms with Gasteiger partial charge in [-0.05, 0) is 29.8 Å². The molecular formula is C14H14N2O2. The fourth-order valence-corrected chi connectivity index (χ4v) is 1.60. The highest BCUT2D eigenvalue weighted by Crippen LogP contribution is 2.09. The molecule has 0 saturated heterocycles. The van der Waals surface area contributed by atoms with Gasteiger partial charge in [-0.15, -0.1) is 0 Å². The molecule has 3 N–H and O–H groups in total. The van der Waals surface area contributed by atoms with Crippen molar-refractivity contribution in [3.05, 3.63) is 65.7 Å². The summed E-state index contributed by atoms with van der Waals surface area (Å²) in [6.45, 7) is 0.686. The van der Waals surface area contributed by atoms with Gasteiger partial charge >= 0.3 is 0 Å². The molecule has 1 amide bonds. The van der Waals surface area contributed by atoms with Gasteiger partial charge in [0, 0.05) is 17.8 Å². The summed E-state index contributed by atoms with van der Waals surface area (Å²) in [6.07, 6.45) is 0. The van der Waals surface area contributed by atoms with Crippen LogP contribution in [0.4, 0.5) is 5.69 Å². The number of carbonyl (C=O) groups is 1. The average molecular weight is 242 g/mol. The van der Waals surface area contributed by atoms with Gasteiger partial charge in [0.1, 0.15) is 0 Å². The second-order valence-electron chi connectivity index (χ2n) is 3.86. The minimum atomic E-state index is -0.502. The summed E-state index contributed by atoms with van der Waals surface area (Å²) in [6, 6.07) is 16.9. The van der Waals surface area contributed by atoms with Crippen LogP contribution in [0, 0.1) is 0 Å². The molecule has 0 unspecified atom stereocenters. The Morgan fingerprint density at radius 2 is 1.67 bits per heavy atom. The van der Waals surface area contributed by atoms with E-state index in [1.54, 1.807) is 17.6 Å². The number of carbonyl (C=O) groups excluding carboxylic acids is 1. The maximum absolute atomic E-state index is 11.1. The molecule has 18 heavy (non-hydrogen) atoms. The Hall–Kier alpha value is -2.33. The zero-order chi connectivity index (χ0) is 12.8. The zero-order valence-electron chi connectivity index (χ0n) is 9.76. The smallest absolute Gasteiger partial charge is 0.274 e. The molecule has 0 heterocycles. The van der Waals surface area contributed by atoms with Crippen LogP contribution in [0.3, 0.4) is 0 Å². The van der Waals surface area contributed by atoms with Crippen molar-refractivity contribution in [2.75, 3.05) is 5.32 Å². The lowest BCUT2D eigenvalue weighted by atomic mass is 10.1. The Kier molecular flexibility index (Phi) is 3.94. The van der Waals surface area contributed by atoms with Gasteiger partial charge in [-0.2, -0.15) is 0 Å². The number of rotatable bonds is 4. The van der Waals surface area contributed by atoms with Gasteiger partial charge in [-0.25, -0.2) is 5.48 Å². The van der Waals surface area contributed by atoms with E-state index in [1.165, 1.54) is 0 Å². The maximum atomic E-state index is 11.1. The first-order valence-electron chi connectivity index (χ1n) is 5.62. The Bertz CT molecular complexity index is 509. The minimum absolute atomic E-state index is 0.431. The number of anilines is 1. The van der Waals surface area contributed by atoms with Crippen LogP contribution < -0.4 is 10.8 Å². The molecule has 92 valence electrons. The van der Waals surface area contributed by atoms with Crippen LogP contribution in [0.5, 0.6) is 0 Å². The minimum Gasteiger partial charge on any atom is -0.381 e. The van der Waals surface area contributed by atoms with E-state index in [1.807, 2.05) is 42.5 Å². The molecule has 0 atom stereocenters. The largest absolute Gasteiger partial charge is 0.381 e. The van der Waals surface area contributed by atoms with E-state index < -0.39 is 5.91 Å². The summed E-state index contributed by atoms with van der Waals surface area (Å²) >= 11 is 0. The van der Waals surface area contributed by atoms with Crippen molar-refractivity contribution in [1.82, 2.24) is 5.48 Å². The van der Waals surface area contributed by atoms with Crippen molar-refractivity contribution in [2.45, 2.75) is 6.54 Å². The Morgan fingerprint density at radius 1 is 1.00 bits per heavy atom. The van der Waals surface area contributed by atoms with E-state index >= 15 is 0 Å². The first-order valence-corrected chi connectivity index (χ1v) is 5.62. The number of nitrogens with one attached hydrogen (secondary N) is 2. The second-order valence-corrected chi connectivity index (χ2v) is 3.86. The molecule has 0 radical (unpaired) electrons. The van der Waals surface area contributed by atoms with Crippen LogP contribution >= 0.6 is 0 Å². The predicted octanol–water partition coefficient (Wildman–Crippen LogP) is 2.42. The fraction of sp³-hybridized carbons (Fsp3) is 0.0714. The summed E-state index contributed by atoms with van der Waals surface area (Å²) in [5, 5.41) is 11.8. The molecule has 4 heteroatoms. The summed E-state index contributed by atoms with van der Waals surface area (Å²) in [5.74, 6) is -0.502. The van der Waals surface area contributed by atoms with Gasteiger partial charge in [-0.3, -0.25) is 10.0 Å². The van der Waals surface area contributed by atoms with Crippen LogP contribution in [-0.4, -0.2) is 11.1 Å². The highest BCUT2D eigenvalue weighted by atomic mass is 16.5. The van der Waals surface area contributed by atoms with Gasteiger partial charge in [0.05, 0.1) is 0 Å². The second kappa shape index (κ2) is 5.84. The van der Waals surface area contributed by atoms with Crippen LogP contribution in [0.15, 0.2) is 54.6 Å². The summed E-state index contributed by atoms with van der Waals surface area (Å²) in [4.78, 5) is 11.1. The fourth-order valence-electron chi connectivity index (χ4n) is 1.60. The van der Waals surface area contributed by atoms with E-state index in [9.17, 15) is 4.79 Å². The van der Waals surface area contributed by atoms with Gasteiger partial charge in [0.15, 0.2) is 0 Å². The molecule has 4 nitrogen and oxygen atoms in total. The first-order chi connectivity index (χ1) is 8.79. The Labute approximate surface area is 105 Å². The van der Waals surface area contributed by atoms with Gasteiger partial charge < -0.3 is 5.32 Å². The van der Waals surface area contributed by atoms with Crippen molar-refractivity contribution in [3.63, 3.8) is 0 Å². The van der Waals surface area contributed by atoms with Gasteiger partial charge in [0.25, 0.3) is 5.91 Å². The van der Waals surface area contributed by atoms with Crippen molar-refractivity contribution in [3.8, 4) is 0 Å². The third kappa shape index (κ3) is 3.09. The third-order valence-electron chi connectivity index (χ3n) is 2.59. The first kappa shape index (κ1) is 12.1. The average Bonchev–Trinajstić information content (AvgIpc) is 2.46. The number of hydrogen-bond acceptors (Lipinski definition) is 3. The molecule has 0 aliphatic heterocycles. The van der Waals surface area contributed by atoms with Gasteiger partial charge in [-0.1, -0.05) is 30.3 Å². The molecule has 0 bridgehead atoms. The molecule has 0 fully saturated rings. The lowest BCUT2D eigenvalue weighted by Gasteiger charge is -2.06. The van der Waals surface area contributed by atoms with E-state index in [2.05, 4.69) is 5.32 Å². The van der Waals surface area contributed by atoms with Crippen molar-refractivity contribution in [2.24, 2.45) is 0 Å². The molecule has 2 aromatic rings. The SMILES string of the molecule is O=C(NO)c1ccc(CNc2ccccc2)cc1. The van der Waals surface area contributed by atoms with Crippen molar-refractivity contribution >= 4 is 11.6 Å². The number of para-hydroxylation sites is 1. The Balaban J connectivity index is 1.97. The van der Waals surface area contributed by atoms with Crippen LogP contribution in [0.1, 0.15) is 15.9 Å². The molecular weight excluding hydrogens is 228 g/mol. The van der Waals surface area contributed by atoms with Crippen LogP contribution in [0.25, 0.3) is 0 Å². The summed E-state index contributed by atoms with van der Waals surface area (Å²) in [7, 11) is 0. The summed E-state index contributed by atoms with van der Waals surface area (Å²) < 4.78 is 0. The monoisotopic (exact) mass is 242 g/mol. The topological polar surface area (TPSA) is 61.4 Å². The predicted molar refractivity (Wildman–Crippen MR) is 69.5 cm³/mol. The van der Waals surface area contributed by atoms with E-state index in [4.69, 9.17) is 5.21 Å². The highest BCUT2D eigenvalue weighted by Gasteiger charge is 2.02. The lowest BCUT2D eigenvalue weighted by molar-refractivity contribution is 0.0706. The molecule has 0 aromatic heterocycles. The molecule has 0 saturated carbocycles. The summed E-state index contributed by atoms with van der Waals surface area (Å²) in [5.41, 5.74) is 4.15. The van der Waals surface area contributed by atoms with Crippen LogP contribution in [-0.2, 0) is 6.54 Å². The Morgan fingerprint density at radius 3 is 2.28 bits per heavy atom. The number of amides is 1. The highest BCUT2D eigenvalue weighted by molar-refractivity contribution is 5.93. The van der Waals surface area contributed by atoms with Crippen molar-refractivity contribution in [1.29, 1.82) is 0 Å². The van der Waals surface area contributed by atoms with Crippen molar-refractivity contribution < 1.29 is 10.0 Å². The third-order valence-corrected chi connectivity index (χ3v) is 2.59. The quantitative estimate of drug-likeness (QED) is 0.570. The van der Waals surface area contributed by atoms with Gasteiger partial charge in [0.2, 0.25) is 0 Å². The molecule has 0 aliphatic rings. The standard InChI is InChI=1S/C14H14N2O2/c17-14(16-18)12-8-6-11(7-9-12)10-15-13-4-2-1-3-5-13/h1-9,15,18H,10H2,(H,16,17). The van der Waals surface area contributed by atoms with E-state index in [0.29, 0.717) is 12.1 Å². The van der Waals surface area contributed by atoms with E-state index in [-0.39, 0.29) is 0 Å². The number of hydroxylamine groups is 1. The maximum Gasteiger partial charge on any atom is 0.274 e. The van der Waals surface area contributed by atoms with Crippen LogP contribution in [0.2, 0.25) is 0 Å². The zero-order valence-corrected chi connectivity index (χ0v) is 9.76. The molecule has 0 spiro atoms. The normalized spacial score (nSPS) is 9.83. The van der Waals surface area contributed by atoms with E-state index in [0.717, 1.165) is 11.3 Å². The molecule has 2 rings (SSSR count).